The molecule has 8 heteroatoms. The van der Waals surface area contributed by atoms with Crippen LogP contribution in [0.25, 0.3) is 0 Å². The van der Waals surface area contributed by atoms with Gasteiger partial charge in [-0.2, -0.15) is 13.2 Å². The fraction of sp³-hybridized carbons (Fsp3) is 0.200. The summed E-state index contributed by atoms with van der Waals surface area (Å²) in [4.78, 5) is 16.6. The molecule has 0 fully saturated rings. The molecule has 0 spiro atoms. The molecule has 1 amide bonds. The smallest absolute Gasteiger partial charge is 0.326 e. The normalized spacial score (nSPS) is 11.4. The van der Waals surface area contributed by atoms with E-state index >= 15 is 0 Å². The Bertz CT molecular complexity index is 953. The highest BCUT2D eigenvalue weighted by molar-refractivity contribution is 8.00. The van der Waals surface area contributed by atoms with Gasteiger partial charge in [0.15, 0.2) is 0 Å². The third-order valence-corrected chi connectivity index (χ3v) is 5.97. The van der Waals surface area contributed by atoms with Crippen LogP contribution >= 0.6 is 23.1 Å². The number of halogens is 3. The van der Waals surface area contributed by atoms with E-state index in [9.17, 15) is 18.0 Å². The number of anilines is 1. The Morgan fingerprint density at radius 2 is 1.93 bits per heavy atom. The molecule has 1 aromatic heterocycles. The van der Waals surface area contributed by atoms with E-state index < -0.39 is 17.6 Å². The number of aryl methyl sites for hydroxylation is 1. The number of thiazole rings is 1. The summed E-state index contributed by atoms with van der Waals surface area (Å²) in [5, 5.41) is 4.29. The van der Waals surface area contributed by atoms with Gasteiger partial charge in [0.05, 0.1) is 17.7 Å². The fourth-order valence-corrected chi connectivity index (χ4v) is 4.21. The van der Waals surface area contributed by atoms with Crippen molar-refractivity contribution in [1.82, 2.24) is 4.98 Å². The Kier molecular flexibility index (Phi) is 6.41. The summed E-state index contributed by atoms with van der Waals surface area (Å²) < 4.78 is 39.1. The van der Waals surface area contributed by atoms with Gasteiger partial charge in [-0.1, -0.05) is 47.7 Å². The van der Waals surface area contributed by atoms with Gasteiger partial charge < -0.3 is 5.32 Å². The van der Waals surface area contributed by atoms with Crippen LogP contribution in [0.15, 0.2) is 58.3 Å². The van der Waals surface area contributed by atoms with Crippen molar-refractivity contribution in [2.75, 3.05) is 5.32 Å². The summed E-state index contributed by atoms with van der Waals surface area (Å²) in [5.41, 5.74) is 2.31. The zero-order chi connectivity index (χ0) is 20.1. The number of benzene rings is 2. The molecular formula is C20H17F3N2OS2. The van der Waals surface area contributed by atoms with Crippen LogP contribution in [0.5, 0.6) is 0 Å². The predicted octanol–water partition coefficient (Wildman–Crippen LogP) is 5.94. The van der Waals surface area contributed by atoms with Crippen LogP contribution in [-0.2, 0) is 23.1 Å². The molecule has 3 aromatic rings. The van der Waals surface area contributed by atoms with Crippen LogP contribution in [0, 0.1) is 6.92 Å². The first-order valence-electron chi connectivity index (χ1n) is 8.39. The summed E-state index contributed by atoms with van der Waals surface area (Å²) in [7, 11) is 0. The van der Waals surface area contributed by atoms with E-state index in [2.05, 4.69) is 34.6 Å². The summed E-state index contributed by atoms with van der Waals surface area (Å²) in [6.45, 7) is 2.04. The van der Waals surface area contributed by atoms with E-state index in [1.807, 2.05) is 6.92 Å². The van der Waals surface area contributed by atoms with Gasteiger partial charge >= 0.3 is 6.18 Å². The highest BCUT2D eigenvalue weighted by atomic mass is 32.2. The second kappa shape index (κ2) is 8.79. The van der Waals surface area contributed by atoms with Crippen molar-refractivity contribution in [2.45, 2.75) is 29.6 Å². The van der Waals surface area contributed by atoms with Gasteiger partial charge in [0, 0.05) is 16.8 Å². The number of nitrogens with zero attached hydrogens (tertiary/aromatic N) is 1. The maximum Gasteiger partial charge on any atom is 0.416 e. The summed E-state index contributed by atoms with van der Waals surface area (Å²) in [5.74, 6) is 0.378. The first kappa shape index (κ1) is 20.4. The minimum Gasteiger partial charge on any atom is -0.326 e. The molecule has 146 valence electrons. The summed E-state index contributed by atoms with van der Waals surface area (Å²) in [6, 6.07) is 12.8. The van der Waals surface area contributed by atoms with Crippen molar-refractivity contribution in [3.05, 3.63) is 76.3 Å². The molecular weight excluding hydrogens is 405 g/mol. The number of thioether (sulfide) groups is 1. The number of rotatable bonds is 6. The maximum absolute atomic E-state index is 12.7. The van der Waals surface area contributed by atoms with Crippen molar-refractivity contribution in [3.63, 3.8) is 0 Å². The molecule has 0 unspecified atom stereocenters. The van der Waals surface area contributed by atoms with Crippen LogP contribution in [0.3, 0.4) is 0 Å². The molecule has 3 nitrogen and oxygen atoms in total. The molecule has 0 aliphatic carbocycles. The summed E-state index contributed by atoms with van der Waals surface area (Å²) in [6.07, 6.45) is -4.43. The molecule has 3 rings (SSSR count). The topological polar surface area (TPSA) is 42.0 Å². The van der Waals surface area contributed by atoms with Gasteiger partial charge in [-0.3, -0.25) is 4.79 Å². The third-order valence-electron chi connectivity index (χ3n) is 3.83. The SMILES string of the molecule is Cc1ccc(CSc2nc(CC(=O)Nc3cccc(C(F)(F)F)c3)cs2)cc1. The van der Waals surface area contributed by atoms with Gasteiger partial charge in [0.25, 0.3) is 0 Å². The Morgan fingerprint density at radius 3 is 2.64 bits per heavy atom. The van der Waals surface area contributed by atoms with Crippen molar-refractivity contribution >= 4 is 34.7 Å². The van der Waals surface area contributed by atoms with Gasteiger partial charge in [-0.05, 0) is 30.7 Å². The third kappa shape index (κ3) is 5.84. The number of alkyl halides is 3. The molecule has 0 atom stereocenters. The predicted molar refractivity (Wildman–Crippen MR) is 107 cm³/mol. The largest absolute Gasteiger partial charge is 0.416 e. The number of amides is 1. The number of carbonyl (C=O) groups is 1. The number of carbonyl (C=O) groups excluding carboxylic acids is 1. The molecule has 0 saturated carbocycles. The number of nitrogens with one attached hydrogen (secondary N) is 1. The van der Waals surface area contributed by atoms with Gasteiger partial charge in [-0.25, -0.2) is 4.98 Å². The van der Waals surface area contributed by atoms with Gasteiger partial charge in [-0.15, -0.1) is 11.3 Å². The van der Waals surface area contributed by atoms with E-state index in [0.29, 0.717) is 5.69 Å². The standard InChI is InChI=1S/C20H17F3N2OS2/c1-13-5-7-14(8-6-13)11-27-19-25-17(12-28-19)10-18(26)24-16-4-2-3-15(9-16)20(21,22)23/h2-9,12H,10-11H2,1H3,(H,24,26). The molecule has 28 heavy (non-hydrogen) atoms. The Morgan fingerprint density at radius 1 is 1.18 bits per heavy atom. The molecule has 1 heterocycles. The lowest BCUT2D eigenvalue weighted by atomic mass is 10.2. The maximum atomic E-state index is 12.7. The number of aromatic nitrogens is 1. The van der Waals surface area contributed by atoms with E-state index in [1.54, 1.807) is 17.1 Å². The van der Waals surface area contributed by atoms with Crippen LogP contribution in [-0.4, -0.2) is 10.9 Å². The van der Waals surface area contributed by atoms with Crippen LogP contribution < -0.4 is 5.32 Å². The molecule has 1 N–H and O–H groups in total. The quantitative estimate of drug-likeness (QED) is 0.500. The molecule has 0 bridgehead atoms. The lowest BCUT2D eigenvalue weighted by Crippen LogP contribution is -2.15. The first-order valence-corrected chi connectivity index (χ1v) is 10.3. The Labute approximate surface area is 169 Å². The Balaban J connectivity index is 1.54. The lowest BCUT2D eigenvalue weighted by molar-refractivity contribution is -0.137. The molecule has 0 saturated heterocycles. The monoisotopic (exact) mass is 422 g/mol. The average Bonchev–Trinajstić information content (AvgIpc) is 3.08. The summed E-state index contributed by atoms with van der Waals surface area (Å²) >= 11 is 3.04. The zero-order valence-electron chi connectivity index (χ0n) is 14.9. The van der Waals surface area contributed by atoms with E-state index in [4.69, 9.17) is 0 Å². The van der Waals surface area contributed by atoms with E-state index in [0.717, 1.165) is 22.2 Å². The highest BCUT2D eigenvalue weighted by Gasteiger charge is 2.30. The van der Waals surface area contributed by atoms with E-state index in [-0.39, 0.29) is 12.1 Å². The minimum atomic E-state index is -4.45. The van der Waals surface area contributed by atoms with Crippen molar-refractivity contribution in [1.29, 1.82) is 0 Å². The van der Waals surface area contributed by atoms with Crippen LogP contribution in [0.2, 0.25) is 0 Å². The second-order valence-electron chi connectivity index (χ2n) is 6.18. The van der Waals surface area contributed by atoms with Crippen molar-refractivity contribution in [3.8, 4) is 0 Å². The molecule has 0 radical (unpaired) electrons. The molecule has 0 aliphatic heterocycles. The average molecular weight is 422 g/mol. The Hall–Kier alpha value is -2.32. The van der Waals surface area contributed by atoms with Crippen LogP contribution in [0.1, 0.15) is 22.4 Å². The first-order chi connectivity index (χ1) is 13.3. The highest BCUT2D eigenvalue weighted by Crippen LogP contribution is 2.31. The van der Waals surface area contributed by atoms with Crippen molar-refractivity contribution in [2.24, 2.45) is 0 Å². The molecule has 2 aromatic carbocycles. The lowest BCUT2D eigenvalue weighted by Gasteiger charge is -2.09. The van der Waals surface area contributed by atoms with Crippen molar-refractivity contribution < 1.29 is 18.0 Å². The molecule has 0 aliphatic rings. The fourth-order valence-electron chi connectivity index (χ4n) is 2.41. The minimum absolute atomic E-state index is 0.0117. The van der Waals surface area contributed by atoms with Gasteiger partial charge in [0.2, 0.25) is 5.91 Å². The van der Waals surface area contributed by atoms with Gasteiger partial charge in [0.1, 0.15) is 4.34 Å². The number of hydrogen-bond acceptors (Lipinski definition) is 4. The zero-order valence-corrected chi connectivity index (χ0v) is 16.5. The number of hydrogen-bond donors (Lipinski definition) is 1. The van der Waals surface area contributed by atoms with E-state index in [1.165, 1.54) is 34.6 Å². The van der Waals surface area contributed by atoms with Crippen LogP contribution in [0.4, 0.5) is 18.9 Å². The second-order valence-corrected chi connectivity index (χ2v) is 8.26.